The number of furan rings is 1. The number of fused-ring (bicyclic) bond motifs is 6. The average Bonchev–Trinajstić information content (AvgIpc) is 3.69. The molecule has 0 saturated carbocycles. The van der Waals surface area contributed by atoms with Crippen LogP contribution >= 0.6 is 0 Å². The lowest BCUT2D eigenvalue weighted by molar-refractivity contribution is 0.670. The van der Waals surface area contributed by atoms with Gasteiger partial charge in [-0.05, 0) is 89.8 Å². The highest BCUT2D eigenvalue weighted by Crippen LogP contribution is 2.42. The van der Waals surface area contributed by atoms with Crippen LogP contribution in [-0.2, 0) is 6.42 Å². The first-order chi connectivity index (χ1) is 30.2. The molecule has 50 heavy (non-hydrogen) atoms. The van der Waals surface area contributed by atoms with Gasteiger partial charge in [0.1, 0.15) is 11.2 Å². The maximum atomic E-state index is 9.23. The lowest BCUT2D eigenvalue weighted by Crippen LogP contribution is -1.95. The standard InChI is InChI=1S/C49H32O/c1-2-12-32(13-3-1)30-46-39-17-6-8-19-42(39)48(43-20-9-7-18-40(43)46)35-26-24-33(25-27-35)36-28-29-41-45-23-11-22-44(49(45)50-47(41)31-36)38-21-10-15-34-14-4-5-16-37(34)38/h1-29,31H,30H2/i1D,2D,3D,6D,7D,8D,9D,12D,13D,17D,18D,19D,20D. The predicted octanol–water partition coefficient (Wildman–Crippen LogP) is 13.6. The van der Waals surface area contributed by atoms with Crippen LogP contribution in [0.2, 0.25) is 0 Å². The molecule has 0 amide bonds. The molecule has 0 aliphatic rings. The van der Waals surface area contributed by atoms with Crippen LogP contribution in [0.4, 0.5) is 0 Å². The van der Waals surface area contributed by atoms with Gasteiger partial charge in [0, 0.05) is 16.3 Å². The Bertz CT molecular complexity index is 3520. The number of para-hydroxylation sites is 1. The number of hydrogen-bond acceptors (Lipinski definition) is 1. The minimum absolute atomic E-state index is 0.0133. The van der Waals surface area contributed by atoms with Crippen LogP contribution in [0.5, 0.6) is 0 Å². The molecule has 234 valence electrons. The van der Waals surface area contributed by atoms with Crippen molar-refractivity contribution < 1.29 is 22.2 Å². The van der Waals surface area contributed by atoms with Gasteiger partial charge in [0.2, 0.25) is 0 Å². The summed E-state index contributed by atoms with van der Waals surface area (Å²) in [7, 11) is 0. The van der Waals surface area contributed by atoms with Crippen LogP contribution in [-0.4, -0.2) is 0 Å². The van der Waals surface area contributed by atoms with Gasteiger partial charge < -0.3 is 4.42 Å². The van der Waals surface area contributed by atoms with Crippen LogP contribution in [0.1, 0.15) is 28.9 Å². The van der Waals surface area contributed by atoms with E-state index in [2.05, 4.69) is 30.3 Å². The average molecular weight is 650 g/mol. The van der Waals surface area contributed by atoms with Crippen molar-refractivity contribution in [3.8, 4) is 33.4 Å². The van der Waals surface area contributed by atoms with E-state index in [0.717, 1.165) is 49.4 Å². The highest BCUT2D eigenvalue weighted by Gasteiger charge is 2.17. The second-order valence-corrected chi connectivity index (χ2v) is 12.2. The van der Waals surface area contributed by atoms with Crippen molar-refractivity contribution in [3.05, 3.63) is 193 Å². The summed E-state index contributed by atoms with van der Waals surface area (Å²) in [5.41, 5.74) is 5.43. The monoisotopic (exact) mass is 649 g/mol. The fourth-order valence-electron chi connectivity index (χ4n) is 7.19. The van der Waals surface area contributed by atoms with Gasteiger partial charge in [-0.15, -0.1) is 0 Å². The smallest absolute Gasteiger partial charge is 0.143 e. The summed E-state index contributed by atoms with van der Waals surface area (Å²) < 4.78 is 120. The van der Waals surface area contributed by atoms with Gasteiger partial charge in [-0.1, -0.05) is 170 Å². The first-order valence-corrected chi connectivity index (χ1v) is 16.2. The molecule has 1 heteroatoms. The lowest BCUT2D eigenvalue weighted by atomic mass is 9.86. The molecule has 0 unspecified atom stereocenters. The van der Waals surface area contributed by atoms with Crippen molar-refractivity contribution in [1.82, 2.24) is 0 Å². The molecule has 10 rings (SSSR count). The van der Waals surface area contributed by atoms with Crippen molar-refractivity contribution in [2.45, 2.75) is 6.42 Å². The van der Waals surface area contributed by atoms with E-state index in [1.165, 1.54) is 0 Å². The molecule has 0 bridgehead atoms. The van der Waals surface area contributed by atoms with Crippen molar-refractivity contribution in [2.75, 3.05) is 0 Å². The van der Waals surface area contributed by atoms with E-state index >= 15 is 0 Å². The molecule has 0 N–H and O–H groups in total. The third-order valence-corrected chi connectivity index (χ3v) is 9.47. The van der Waals surface area contributed by atoms with E-state index in [4.69, 9.17) is 16.8 Å². The SMILES string of the molecule is [2H]c1c([2H])c([2H])c(Cc2c3c([2H])c([2H])c([2H])c([2H])c3c(-c3ccc(-c4ccc5c(c4)oc4c(-c6cccc7ccccc67)cccc45)cc3)c3c([2H])c([2H])c([2H])c([2H])c23)c([2H])c1[2H]. The van der Waals surface area contributed by atoms with Crippen molar-refractivity contribution in [1.29, 1.82) is 0 Å². The molecule has 10 aromatic rings. The Morgan fingerprint density at radius 2 is 1.04 bits per heavy atom. The Balaban J connectivity index is 1.18. The molecule has 0 radical (unpaired) electrons. The Kier molecular flexibility index (Phi) is 4.26. The highest BCUT2D eigenvalue weighted by atomic mass is 16.3. The van der Waals surface area contributed by atoms with Crippen LogP contribution in [0.15, 0.2) is 186 Å². The summed E-state index contributed by atoms with van der Waals surface area (Å²) in [5, 5.41) is 3.94. The molecule has 0 fully saturated rings. The van der Waals surface area contributed by atoms with Gasteiger partial charge in [-0.2, -0.15) is 0 Å². The Morgan fingerprint density at radius 3 is 1.82 bits per heavy atom. The predicted molar refractivity (Wildman–Crippen MR) is 212 cm³/mol. The zero-order valence-electron chi connectivity index (χ0n) is 39.4. The van der Waals surface area contributed by atoms with E-state index in [1.54, 1.807) is 12.1 Å². The van der Waals surface area contributed by atoms with Crippen molar-refractivity contribution in [2.24, 2.45) is 0 Å². The second kappa shape index (κ2) is 11.6. The minimum Gasteiger partial charge on any atom is -0.455 e. The van der Waals surface area contributed by atoms with E-state index in [9.17, 15) is 5.48 Å². The van der Waals surface area contributed by atoms with Gasteiger partial charge in [-0.25, -0.2) is 0 Å². The molecule has 0 saturated heterocycles. The van der Waals surface area contributed by atoms with E-state index < -0.39 is 85.0 Å². The van der Waals surface area contributed by atoms with Gasteiger partial charge >= 0.3 is 0 Å². The molecule has 1 heterocycles. The van der Waals surface area contributed by atoms with Gasteiger partial charge in [-0.3, -0.25) is 0 Å². The van der Waals surface area contributed by atoms with E-state index in [0.29, 0.717) is 11.1 Å². The zero-order valence-corrected chi connectivity index (χ0v) is 26.4. The van der Waals surface area contributed by atoms with Crippen molar-refractivity contribution >= 4 is 54.3 Å². The fraction of sp³-hybridized carbons (Fsp3) is 0.0204. The molecule has 1 aromatic heterocycles. The van der Waals surface area contributed by atoms with Crippen molar-refractivity contribution in [3.63, 3.8) is 0 Å². The quantitative estimate of drug-likeness (QED) is 0.169. The van der Waals surface area contributed by atoms with E-state index in [-0.39, 0.29) is 38.2 Å². The first-order valence-electron chi connectivity index (χ1n) is 22.7. The lowest BCUT2D eigenvalue weighted by Gasteiger charge is -2.18. The molecular weight excluding hydrogens is 605 g/mol. The molecule has 9 aromatic carbocycles. The summed E-state index contributed by atoms with van der Waals surface area (Å²) in [6.45, 7) is 0. The summed E-state index contributed by atoms with van der Waals surface area (Å²) in [4.78, 5) is 0. The molecule has 0 aliphatic carbocycles. The fourth-order valence-corrected chi connectivity index (χ4v) is 7.19. The van der Waals surface area contributed by atoms with Crippen LogP contribution in [0.25, 0.3) is 87.6 Å². The third-order valence-electron chi connectivity index (χ3n) is 9.47. The Labute approximate surface area is 308 Å². The second-order valence-electron chi connectivity index (χ2n) is 12.2. The Hall–Kier alpha value is -6.44. The number of benzene rings is 9. The van der Waals surface area contributed by atoms with Gasteiger partial charge in [0.15, 0.2) is 0 Å². The van der Waals surface area contributed by atoms with Crippen LogP contribution in [0, 0.1) is 0 Å². The summed E-state index contributed by atoms with van der Waals surface area (Å²) >= 11 is 0. The molecule has 0 spiro atoms. The molecule has 0 atom stereocenters. The minimum atomic E-state index is -0.616. The first kappa shape index (κ1) is 18.4. The Morgan fingerprint density at radius 1 is 0.440 bits per heavy atom. The maximum absolute atomic E-state index is 9.23. The zero-order chi connectivity index (χ0) is 44.3. The van der Waals surface area contributed by atoms with Gasteiger partial charge in [0.25, 0.3) is 0 Å². The number of rotatable bonds is 5. The molecular formula is C49H32O. The number of hydrogen-bond donors (Lipinski definition) is 0. The van der Waals surface area contributed by atoms with Crippen LogP contribution < -0.4 is 0 Å². The summed E-state index contributed by atoms with van der Waals surface area (Å²) in [6, 6.07) is 26.5. The largest absolute Gasteiger partial charge is 0.455 e. The third kappa shape index (κ3) is 4.63. The topological polar surface area (TPSA) is 13.1 Å². The van der Waals surface area contributed by atoms with Gasteiger partial charge in [0.05, 0.1) is 17.8 Å². The normalized spacial score (nSPS) is 15.3. The molecule has 1 nitrogen and oxygen atoms in total. The molecule has 0 aliphatic heterocycles. The highest BCUT2D eigenvalue weighted by molar-refractivity contribution is 6.16. The van der Waals surface area contributed by atoms with Crippen LogP contribution in [0.3, 0.4) is 0 Å². The summed E-state index contributed by atoms with van der Waals surface area (Å²) in [5.74, 6) is 0. The van der Waals surface area contributed by atoms with E-state index in [1.807, 2.05) is 60.7 Å². The summed E-state index contributed by atoms with van der Waals surface area (Å²) in [6.07, 6.45) is -0.486. The maximum Gasteiger partial charge on any atom is 0.143 e.